The largest absolute Gasteiger partial charge is 0.171 e. The second kappa shape index (κ2) is 3.51. The summed E-state index contributed by atoms with van der Waals surface area (Å²) in [6, 6.07) is 0. The Bertz CT molecular complexity index is 398. The van der Waals surface area contributed by atoms with Crippen LogP contribution < -0.4 is 0 Å². The van der Waals surface area contributed by atoms with E-state index in [2.05, 4.69) is 31.4 Å². The SMILES string of the molecule is C=C1C=C(C2=C[CH+]C=CC2=C)C=C[CH-]1. The Labute approximate surface area is 85.3 Å². The minimum atomic E-state index is 1.03. The van der Waals surface area contributed by atoms with E-state index in [1.54, 1.807) is 0 Å². The molecule has 0 bridgehead atoms. The van der Waals surface area contributed by atoms with Crippen molar-refractivity contribution >= 4 is 0 Å². The Morgan fingerprint density at radius 1 is 1.21 bits per heavy atom. The Morgan fingerprint density at radius 3 is 2.79 bits per heavy atom. The first kappa shape index (κ1) is 8.76. The molecule has 2 aliphatic rings. The summed E-state index contributed by atoms with van der Waals surface area (Å²) in [7, 11) is 0. The average Bonchev–Trinajstić information content (AvgIpc) is 2.18. The summed E-state index contributed by atoms with van der Waals surface area (Å²) in [5.74, 6) is 0. The van der Waals surface area contributed by atoms with Crippen LogP contribution in [0.3, 0.4) is 0 Å². The van der Waals surface area contributed by atoms with Crippen LogP contribution in [0, 0.1) is 12.8 Å². The van der Waals surface area contributed by atoms with Crippen LogP contribution in [0.25, 0.3) is 0 Å². The molecule has 14 heavy (non-hydrogen) atoms. The molecule has 0 heterocycles. The predicted octanol–water partition coefficient (Wildman–Crippen LogP) is 3.50. The third kappa shape index (κ3) is 1.60. The van der Waals surface area contributed by atoms with Gasteiger partial charge in [0, 0.05) is 18.6 Å². The second-order valence-corrected chi connectivity index (χ2v) is 3.36. The van der Waals surface area contributed by atoms with Gasteiger partial charge in [-0.3, -0.25) is 0 Å². The van der Waals surface area contributed by atoms with E-state index < -0.39 is 0 Å². The lowest BCUT2D eigenvalue weighted by atomic mass is 9.90. The number of hydrogen-bond acceptors (Lipinski definition) is 0. The Kier molecular flexibility index (Phi) is 2.19. The minimum Gasteiger partial charge on any atom is -0.171 e. The van der Waals surface area contributed by atoms with Crippen molar-refractivity contribution in [2.75, 3.05) is 0 Å². The van der Waals surface area contributed by atoms with Gasteiger partial charge in [-0.1, -0.05) is 6.58 Å². The molecule has 2 aliphatic carbocycles. The normalized spacial score (nSPS) is 19.7. The first-order valence-corrected chi connectivity index (χ1v) is 4.61. The maximum Gasteiger partial charge on any atom is 0.0830 e. The summed E-state index contributed by atoms with van der Waals surface area (Å²) in [6.45, 7) is 7.92. The lowest BCUT2D eigenvalue weighted by molar-refractivity contribution is 1.37. The van der Waals surface area contributed by atoms with Crippen LogP contribution in [-0.4, -0.2) is 0 Å². The monoisotopic (exact) mass is 180 g/mol. The summed E-state index contributed by atoms with van der Waals surface area (Å²) >= 11 is 0. The van der Waals surface area contributed by atoms with E-state index in [9.17, 15) is 0 Å². The molecule has 0 saturated carbocycles. The average molecular weight is 180 g/mol. The van der Waals surface area contributed by atoms with Gasteiger partial charge in [0.15, 0.2) is 0 Å². The molecule has 68 valence electrons. The van der Waals surface area contributed by atoms with Gasteiger partial charge in [0.1, 0.15) is 0 Å². The van der Waals surface area contributed by atoms with Crippen LogP contribution in [0.4, 0.5) is 0 Å². The zero-order valence-electron chi connectivity index (χ0n) is 8.03. The molecule has 0 nitrogen and oxygen atoms in total. The third-order valence-electron chi connectivity index (χ3n) is 2.26. The van der Waals surface area contributed by atoms with E-state index in [-0.39, 0.29) is 0 Å². The minimum absolute atomic E-state index is 1.03. The summed E-state index contributed by atoms with van der Waals surface area (Å²) in [6.07, 6.45) is 16.3. The molecule has 0 aliphatic heterocycles. The van der Waals surface area contributed by atoms with Crippen LogP contribution in [0.1, 0.15) is 0 Å². The van der Waals surface area contributed by atoms with Gasteiger partial charge in [0.2, 0.25) is 0 Å². The van der Waals surface area contributed by atoms with E-state index in [0.29, 0.717) is 0 Å². The predicted molar refractivity (Wildman–Crippen MR) is 61.3 cm³/mol. The Hall–Kier alpha value is -1.82. The van der Waals surface area contributed by atoms with Crippen LogP contribution in [-0.2, 0) is 0 Å². The number of rotatable bonds is 1. The molecule has 0 aromatic rings. The van der Waals surface area contributed by atoms with Crippen molar-refractivity contribution < 1.29 is 0 Å². The summed E-state index contributed by atoms with van der Waals surface area (Å²) in [5.41, 5.74) is 4.45. The van der Waals surface area contributed by atoms with Gasteiger partial charge in [-0.05, 0) is 5.57 Å². The van der Waals surface area contributed by atoms with Crippen molar-refractivity contribution in [3.05, 3.63) is 84.7 Å². The number of allylic oxidation sites excluding steroid dienone is 10. The van der Waals surface area contributed by atoms with Crippen molar-refractivity contribution in [1.82, 2.24) is 0 Å². The standard InChI is InChI=1S/C14H12/c1-11-6-5-8-13(10-11)14-9-4-3-7-12(14)2/h3-10H,1-2H2. The zero-order chi connectivity index (χ0) is 9.97. The van der Waals surface area contributed by atoms with Crippen LogP contribution >= 0.6 is 0 Å². The molecule has 0 N–H and O–H groups in total. The van der Waals surface area contributed by atoms with Gasteiger partial charge in [-0.15, -0.1) is 24.6 Å². The van der Waals surface area contributed by atoms with Gasteiger partial charge >= 0.3 is 0 Å². The summed E-state index contributed by atoms with van der Waals surface area (Å²) in [4.78, 5) is 0. The number of hydrogen-bond donors (Lipinski definition) is 0. The summed E-state index contributed by atoms with van der Waals surface area (Å²) in [5, 5.41) is 0. The molecule has 0 fully saturated rings. The lowest BCUT2D eigenvalue weighted by Gasteiger charge is -2.15. The molecule has 0 saturated heterocycles. The van der Waals surface area contributed by atoms with Gasteiger partial charge in [-0.2, -0.15) is 12.2 Å². The van der Waals surface area contributed by atoms with Crippen molar-refractivity contribution in [3.63, 3.8) is 0 Å². The fourth-order valence-corrected chi connectivity index (χ4v) is 1.54. The van der Waals surface area contributed by atoms with Crippen LogP contribution in [0.5, 0.6) is 0 Å². The molecular formula is C14H12. The van der Waals surface area contributed by atoms with E-state index in [0.717, 1.165) is 11.1 Å². The molecule has 0 unspecified atom stereocenters. The molecule has 0 radical (unpaired) electrons. The van der Waals surface area contributed by atoms with Gasteiger partial charge in [0.05, 0.1) is 17.2 Å². The van der Waals surface area contributed by atoms with Crippen molar-refractivity contribution in [2.45, 2.75) is 0 Å². The quantitative estimate of drug-likeness (QED) is 0.542. The molecule has 0 aromatic heterocycles. The topological polar surface area (TPSA) is 0 Å². The summed E-state index contributed by atoms with van der Waals surface area (Å²) < 4.78 is 0. The van der Waals surface area contributed by atoms with E-state index in [1.165, 1.54) is 11.1 Å². The van der Waals surface area contributed by atoms with Crippen molar-refractivity contribution in [1.29, 1.82) is 0 Å². The molecule has 2 rings (SSSR count). The van der Waals surface area contributed by atoms with Crippen LogP contribution in [0.15, 0.2) is 71.9 Å². The van der Waals surface area contributed by atoms with Crippen LogP contribution in [0.2, 0.25) is 0 Å². The smallest absolute Gasteiger partial charge is 0.0830 e. The fourth-order valence-electron chi connectivity index (χ4n) is 1.54. The molecule has 0 heteroatoms. The second-order valence-electron chi connectivity index (χ2n) is 3.36. The Morgan fingerprint density at radius 2 is 2.07 bits per heavy atom. The van der Waals surface area contributed by atoms with Crippen molar-refractivity contribution in [3.8, 4) is 0 Å². The van der Waals surface area contributed by atoms with Gasteiger partial charge < -0.3 is 0 Å². The highest BCUT2D eigenvalue weighted by molar-refractivity contribution is 5.62. The van der Waals surface area contributed by atoms with E-state index >= 15 is 0 Å². The zero-order valence-corrected chi connectivity index (χ0v) is 8.03. The highest BCUT2D eigenvalue weighted by Crippen LogP contribution is 2.27. The maximum absolute atomic E-state index is 4.01. The van der Waals surface area contributed by atoms with Gasteiger partial charge in [0.25, 0.3) is 0 Å². The van der Waals surface area contributed by atoms with E-state index in [1.807, 2.05) is 31.1 Å². The van der Waals surface area contributed by atoms with E-state index in [4.69, 9.17) is 0 Å². The molecule has 0 spiro atoms. The molecule has 0 amide bonds. The fraction of sp³-hybridized carbons (Fsp3) is 0. The lowest BCUT2D eigenvalue weighted by Crippen LogP contribution is -1.96. The molecular weight excluding hydrogens is 168 g/mol. The maximum atomic E-state index is 4.01. The highest BCUT2D eigenvalue weighted by atomic mass is 14.1. The highest BCUT2D eigenvalue weighted by Gasteiger charge is 2.13. The van der Waals surface area contributed by atoms with Crippen molar-refractivity contribution in [2.24, 2.45) is 0 Å². The third-order valence-corrected chi connectivity index (χ3v) is 2.26. The Balaban J connectivity index is 2.31. The molecule has 0 atom stereocenters. The molecule has 0 aromatic carbocycles. The first-order chi connectivity index (χ1) is 6.77. The first-order valence-electron chi connectivity index (χ1n) is 4.61. The van der Waals surface area contributed by atoms with Gasteiger partial charge in [-0.25, -0.2) is 0 Å².